The lowest BCUT2D eigenvalue weighted by Crippen LogP contribution is -2.25. The molecule has 0 unspecified atom stereocenters. The third kappa shape index (κ3) is 4.79. The second-order valence-electron chi connectivity index (χ2n) is 7.64. The van der Waals surface area contributed by atoms with Gasteiger partial charge in [-0.1, -0.05) is 38.8 Å². The molecule has 5 heteroatoms. The Balaban J connectivity index is 2.47. The van der Waals surface area contributed by atoms with Crippen molar-refractivity contribution in [2.45, 2.75) is 59.0 Å². The maximum absolute atomic E-state index is 9.73. The number of hydrogen-bond donors (Lipinski definition) is 0. The molecule has 150 valence electrons. The van der Waals surface area contributed by atoms with Gasteiger partial charge < -0.3 is 9.64 Å². The minimum Gasteiger partial charge on any atom is -0.480 e. The molecule has 1 aliphatic rings. The van der Waals surface area contributed by atoms with Gasteiger partial charge in [-0.05, 0) is 44.4 Å². The van der Waals surface area contributed by atoms with Gasteiger partial charge in [0.15, 0.2) is 11.3 Å². The highest BCUT2D eigenvalue weighted by Gasteiger charge is 2.40. The van der Waals surface area contributed by atoms with E-state index >= 15 is 0 Å². The predicted octanol–water partition coefficient (Wildman–Crippen LogP) is 5.48. The second kappa shape index (κ2) is 9.81. The Morgan fingerprint density at radius 2 is 1.52 bits per heavy atom. The zero-order valence-electron chi connectivity index (χ0n) is 17.7. The van der Waals surface area contributed by atoms with Crippen LogP contribution in [0, 0.1) is 34.0 Å². The highest BCUT2D eigenvalue weighted by Crippen LogP contribution is 2.45. The highest BCUT2D eigenvalue weighted by atomic mass is 16.5. The third-order valence-electron chi connectivity index (χ3n) is 5.08. The van der Waals surface area contributed by atoms with Crippen molar-refractivity contribution < 1.29 is 4.74 Å². The average Bonchev–Trinajstić information content (AvgIpc) is 2.99. The van der Waals surface area contributed by atoms with E-state index in [1.54, 1.807) is 0 Å². The normalized spacial score (nSPS) is 14.6. The van der Waals surface area contributed by atoms with Crippen LogP contribution in [0.25, 0.3) is 5.57 Å². The molecule has 0 fully saturated rings. The smallest absolute Gasteiger partial charge is 0.172 e. The molecule has 1 heterocycles. The van der Waals surface area contributed by atoms with Gasteiger partial charge in [0.25, 0.3) is 0 Å². The Labute approximate surface area is 174 Å². The summed E-state index contributed by atoms with van der Waals surface area (Å²) in [6.45, 7) is 10.1. The highest BCUT2D eigenvalue weighted by molar-refractivity contribution is 5.84. The first-order valence-corrected chi connectivity index (χ1v) is 10.2. The molecule has 1 aromatic rings. The van der Waals surface area contributed by atoms with Gasteiger partial charge in [0, 0.05) is 24.4 Å². The summed E-state index contributed by atoms with van der Waals surface area (Å²) in [4.78, 5) is 2.40. The predicted molar refractivity (Wildman–Crippen MR) is 114 cm³/mol. The van der Waals surface area contributed by atoms with Gasteiger partial charge in [0.2, 0.25) is 0 Å². The molecular weight excluding hydrogens is 360 g/mol. The van der Waals surface area contributed by atoms with Crippen molar-refractivity contribution in [3.63, 3.8) is 0 Å². The van der Waals surface area contributed by atoms with Crippen molar-refractivity contribution in [1.82, 2.24) is 0 Å². The number of allylic oxidation sites excluding steroid dienone is 2. The standard InChI is InChI=1S/C24H28N4O/c1-5-7-13-28(14-8-6-2)20-11-9-18(10-12-20)22-21(17-27)23(19(15-25)16-26)29-24(22,3)4/h9-12H,5-8,13-14H2,1-4H3. The number of ether oxygens (including phenoxy) is 1. The van der Waals surface area contributed by atoms with E-state index in [9.17, 15) is 15.8 Å². The maximum atomic E-state index is 9.73. The molecule has 0 aromatic heterocycles. The fourth-order valence-electron chi connectivity index (χ4n) is 3.58. The molecule has 0 saturated carbocycles. The first kappa shape index (κ1) is 22.1. The van der Waals surface area contributed by atoms with Crippen molar-refractivity contribution in [2.75, 3.05) is 18.0 Å². The number of unbranched alkanes of at least 4 members (excludes halogenated alkanes) is 2. The molecular formula is C24H28N4O. The summed E-state index contributed by atoms with van der Waals surface area (Å²) in [5.74, 6) is 0.0779. The van der Waals surface area contributed by atoms with E-state index < -0.39 is 5.60 Å². The van der Waals surface area contributed by atoms with Crippen LogP contribution >= 0.6 is 0 Å². The summed E-state index contributed by atoms with van der Waals surface area (Å²) < 4.78 is 5.87. The van der Waals surface area contributed by atoms with Crippen molar-refractivity contribution in [3.05, 3.63) is 46.7 Å². The Bertz CT molecular complexity index is 894. The summed E-state index contributed by atoms with van der Waals surface area (Å²) in [7, 11) is 0. The van der Waals surface area contributed by atoms with Crippen molar-refractivity contribution >= 4 is 11.3 Å². The van der Waals surface area contributed by atoms with Gasteiger partial charge in [-0.3, -0.25) is 0 Å². The minimum absolute atomic E-state index is 0.0779. The van der Waals surface area contributed by atoms with E-state index in [1.807, 2.05) is 38.1 Å². The van der Waals surface area contributed by atoms with Crippen LogP contribution in [0.2, 0.25) is 0 Å². The number of rotatable bonds is 8. The summed E-state index contributed by atoms with van der Waals surface area (Å²) in [6, 6.07) is 14.0. The van der Waals surface area contributed by atoms with Crippen molar-refractivity contribution in [3.8, 4) is 18.2 Å². The average molecular weight is 389 g/mol. The molecule has 1 aliphatic heterocycles. The molecule has 0 spiro atoms. The maximum Gasteiger partial charge on any atom is 0.172 e. The van der Waals surface area contributed by atoms with Gasteiger partial charge in [-0.25, -0.2) is 0 Å². The van der Waals surface area contributed by atoms with E-state index in [0.29, 0.717) is 5.57 Å². The van der Waals surface area contributed by atoms with Crippen LogP contribution in [-0.4, -0.2) is 18.7 Å². The van der Waals surface area contributed by atoms with Gasteiger partial charge in [0.05, 0.1) is 0 Å². The molecule has 0 saturated heterocycles. The molecule has 0 amide bonds. The third-order valence-corrected chi connectivity index (χ3v) is 5.08. The van der Waals surface area contributed by atoms with E-state index in [1.165, 1.54) is 0 Å². The Morgan fingerprint density at radius 1 is 0.966 bits per heavy atom. The van der Waals surface area contributed by atoms with Gasteiger partial charge >= 0.3 is 0 Å². The molecule has 0 radical (unpaired) electrons. The Morgan fingerprint density at radius 3 is 1.97 bits per heavy atom. The lowest BCUT2D eigenvalue weighted by atomic mass is 9.89. The van der Waals surface area contributed by atoms with Gasteiger partial charge in [0.1, 0.15) is 29.4 Å². The Kier molecular flexibility index (Phi) is 7.46. The second-order valence-corrected chi connectivity index (χ2v) is 7.64. The molecule has 0 bridgehead atoms. The SMILES string of the molecule is CCCCN(CCCC)c1ccc(C2=C(C#N)C(=C(C#N)C#N)OC2(C)C)cc1. The zero-order valence-corrected chi connectivity index (χ0v) is 17.7. The van der Waals surface area contributed by atoms with Crippen LogP contribution in [-0.2, 0) is 4.74 Å². The first-order chi connectivity index (χ1) is 13.9. The number of anilines is 1. The topological polar surface area (TPSA) is 83.8 Å². The minimum atomic E-state index is -0.801. The van der Waals surface area contributed by atoms with Gasteiger partial charge in [-0.15, -0.1) is 0 Å². The molecule has 29 heavy (non-hydrogen) atoms. The van der Waals surface area contributed by atoms with Gasteiger partial charge in [-0.2, -0.15) is 15.8 Å². The summed E-state index contributed by atoms with van der Waals surface area (Å²) in [5, 5.41) is 28.2. The van der Waals surface area contributed by atoms with Crippen LogP contribution < -0.4 is 4.90 Å². The van der Waals surface area contributed by atoms with E-state index in [4.69, 9.17) is 4.74 Å². The molecule has 5 nitrogen and oxygen atoms in total. The lowest BCUT2D eigenvalue weighted by molar-refractivity contribution is 0.109. The molecule has 2 rings (SSSR count). The summed E-state index contributed by atoms with van der Waals surface area (Å²) in [6.07, 6.45) is 4.60. The van der Waals surface area contributed by atoms with Crippen molar-refractivity contribution in [2.24, 2.45) is 0 Å². The first-order valence-electron chi connectivity index (χ1n) is 10.2. The molecule has 0 N–H and O–H groups in total. The molecule has 1 aromatic carbocycles. The van der Waals surface area contributed by atoms with Crippen LogP contribution in [0.1, 0.15) is 58.9 Å². The molecule has 0 aliphatic carbocycles. The fourth-order valence-corrected chi connectivity index (χ4v) is 3.58. The van der Waals surface area contributed by atoms with Crippen LogP contribution in [0.15, 0.2) is 41.2 Å². The molecule has 0 atom stereocenters. The fraction of sp³-hybridized carbons (Fsp3) is 0.458. The number of nitriles is 3. The van der Waals surface area contributed by atoms with Crippen LogP contribution in [0.3, 0.4) is 0 Å². The van der Waals surface area contributed by atoms with Crippen molar-refractivity contribution in [1.29, 1.82) is 15.8 Å². The monoisotopic (exact) mass is 388 g/mol. The van der Waals surface area contributed by atoms with E-state index in [0.717, 1.165) is 50.0 Å². The summed E-state index contributed by atoms with van der Waals surface area (Å²) >= 11 is 0. The quantitative estimate of drug-likeness (QED) is 0.551. The van der Waals surface area contributed by atoms with E-state index in [2.05, 4.69) is 36.9 Å². The number of hydrogen-bond acceptors (Lipinski definition) is 5. The Hall–Kier alpha value is -3.23. The number of benzene rings is 1. The van der Waals surface area contributed by atoms with E-state index in [-0.39, 0.29) is 16.9 Å². The lowest BCUT2D eigenvalue weighted by Gasteiger charge is -2.26. The number of nitrogens with zero attached hydrogens (tertiary/aromatic N) is 4. The van der Waals surface area contributed by atoms with Crippen LogP contribution in [0.5, 0.6) is 0 Å². The largest absolute Gasteiger partial charge is 0.480 e. The summed E-state index contributed by atoms with van der Waals surface area (Å²) in [5.41, 5.74) is 2.02. The van der Waals surface area contributed by atoms with Crippen LogP contribution in [0.4, 0.5) is 5.69 Å². The zero-order chi connectivity index (χ0) is 21.4.